The second kappa shape index (κ2) is 8.48. The van der Waals surface area contributed by atoms with E-state index in [2.05, 4.69) is 19.2 Å². The zero-order valence-electron chi connectivity index (χ0n) is 11.8. The van der Waals surface area contributed by atoms with Crippen LogP contribution in [0, 0.1) is 0 Å². The van der Waals surface area contributed by atoms with Crippen LogP contribution in [0.2, 0.25) is 0 Å². The van der Waals surface area contributed by atoms with Gasteiger partial charge in [-0.15, -0.1) is 0 Å². The summed E-state index contributed by atoms with van der Waals surface area (Å²) >= 11 is 0. The third kappa shape index (κ3) is 5.83. The van der Waals surface area contributed by atoms with Crippen molar-refractivity contribution >= 4 is 5.91 Å². The van der Waals surface area contributed by atoms with Crippen LogP contribution in [-0.2, 0) is 4.79 Å². The summed E-state index contributed by atoms with van der Waals surface area (Å²) < 4.78 is 0. The first-order chi connectivity index (χ1) is 8.63. The van der Waals surface area contributed by atoms with Gasteiger partial charge in [0.15, 0.2) is 0 Å². The Bertz CT molecular complexity index is 236. The summed E-state index contributed by atoms with van der Waals surface area (Å²) in [6.45, 7) is 5.17. The highest BCUT2D eigenvalue weighted by atomic mass is 16.3. The standard InChI is InChI=1S/C14H28N2O2/c1-12(2)16(9-10-17)11-14(18)15-13-7-5-3-4-6-8-13/h12-13,17H,3-11H2,1-2H3,(H,15,18). The molecule has 0 saturated heterocycles. The molecule has 2 N–H and O–H groups in total. The van der Waals surface area contributed by atoms with Crippen molar-refractivity contribution in [3.63, 3.8) is 0 Å². The number of carbonyl (C=O) groups is 1. The first-order valence-electron chi connectivity index (χ1n) is 7.27. The lowest BCUT2D eigenvalue weighted by Gasteiger charge is -2.26. The Kier molecular flexibility index (Phi) is 7.28. The van der Waals surface area contributed by atoms with Crippen LogP contribution in [0.3, 0.4) is 0 Å². The predicted octanol–water partition coefficient (Wildman–Crippen LogP) is 1.53. The van der Waals surface area contributed by atoms with Crippen LogP contribution in [0.25, 0.3) is 0 Å². The van der Waals surface area contributed by atoms with E-state index in [-0.39, 0.29) is 18.6 Å². The Morgan fingerprint density at radius 1 is 1.28 bits per heavy atom. The molecule has 18 heavy (non-hydrogen) atoms. The molecule has 0 radical (unpaired) electrons. The molecule has 4 nitrogen and oxygen atoms in total. The first-order valence-corrected chi connectivity index (χ1v) is 7.27. The van der Waals surface area contributed by atoms with Crippen LogP contribution >= 0.6 is 0 Å². The number of aliphatic hydroxyl groups excluding tert-OH is 1. The molecule has 0 heterocycles. The summed E-state index contributed by atoms with van der Waals surface area (Å²) in [5.41, 5.74) is 0. The van der Waals surface area contributed by atoms with E-state index in [0.717, 1.165) is 12.8 Å². The molecule has 0 aromatic heterocycles. The number of rotatable bonds is 6. The van der Waals surface area contributed by atoms with Gasteiger partial charge in [0.2, 0.25) is 5.91 Å². The highest BCUT2D eigenvalue weighted by Gasteiger charge is 2.17. The smallest absolute Gasteiger partial charge is 0.234 e. The van der Waals surface area contributed by atoms with Crippen molar-refractivity contribution < 1.29 is 9.90 Å². The second-order valence-corrected chi connectivity index (χ2v) is 5.54. The lowest BCUT2D eigenvalue weighted by molar-refractivity contribution is -0.123. The molecular weight excluding hydrogens is 228 g/mol. The van der Waals surface area contributed by atoms with Crippen molar-refractivity contribution in [1.29, 1.82) is 0 Å². The number of hydrogen-bond donors (Lipinski definition) is 2. The minimum atomic E-state index is 0.101. The maximum Gasteiger partial charge on any atom is 0.234 e. The molecule has 1 amide bonds. The van der Waals surface area contributed by atoms with Gasteiger partial charge in [-0.2, -0.15) is 0 Å². The van der Waals surface area contributed by atoms with Gasteiger partial charge in [-0.3, -0.25) is 9.69 Å². The van der Waals surface area contributed by atoms with Crippen molar-refractivity contribution in [2.45, 2.75) is 64.5 Å². The Labute approximate surface area is 111 Å². The van der Waals surface area contributed by atoms with E-state index in [1.54, 1.807) is 0 Å². The molecule has 1 fully saturated rings. The van der Waals surface area contributed by atoms with Crippen LogP contribution in [-0.4, -0.2) is 47.7 Å². The third-order valence-electron chi connectivity index (χ3n) is 3.68. The average molecular weight is 256 g/mol. The maximum atomic E-state index is 12.0. The zero-order chi connectivity index (χ0) is 13.4. The largest absolute Gasteiger partial charge is 0.395 e. The van der Waals surface area contributed by atoms with Gasteiger partial charge in [0.05, 0.1) is 13.2 Å². The molecule has 0 spiro atoms. The number of aliphatic hydroxyl groups is 1. The maximum absolute atomic E-state index is 12.0. The number of amides is 1. The SMILES string of the molecule is CC(C)N(CCO)CC(=O)NC1CCCCCC1. The molecule has 0 aromatic rings. The zero-order valence-corrected chi connectivity index (χ0v) is 11.8. The average Bonchev–Trinajstić information content (AvgIpc) is 2.57. The molecule has 0 aromatic carbocycles. The van der Waals surface area contributed by atoms with Gasteiger partial charge < -0.3 is 10.4 Å². The van der Waals surface area contributed by atoms with Gasteiger partial charge in [0, 0.05) is 18.6 Å². The van der Waals surface area contributed by atoms with Crippen LogP contribution < -0.4 is 5.32 Å². The lowest BCUT2D eigenvalue weighted by atomic mass is 10.1. The van der Waals surface area contributed by atoms with Gasteiger partial charge in [0.1, 0.15) is 0 Å². The fourth-order valence-electron chi connectivity index (χ4n) is 2.53. The van der Waals surface area contributed by atoms with Crippen LogP contribution in [0.15, 0.2) is 0 Å². The quantitative estimate of drug-likeness (QED) is 0.709. The Morgan fingerprint density at radius 2 is 1.89 bits per heavy atom. The van der Waals surface area contributed by atoms with E-state index in [9.17, 15) is 4.79 Å². The molecule has 0 aliphatic heterocycles. The molecule has 1 saturated carbocycles. The Hall–Kier alpha value is -0.610. The monoisotopic (exact) mass is 256 g/mol. The van der Waals surface area contributed by atoms with E-state index in [0.29, 0.717) is 19.1 Å². The summed E-state index contributed by atoms with van der Waals surface area (Å²) in [5.74, 6) is 0.101. The van der Waals surface area contributed by atoms with Crippen molar-refractivity contribution in [1.82, 2.24) is 10.2 Å². The summed E-state index contributed by atoms with van der Waals surface area (Å²) in [6, 6.07) is 0.653. The molecule has 0 atom stereocenters. The molecule has 106 valence electrons. The summed E-state index contributed by atoms with van der Waals surface area (Å²) in [6.07, 6.45) is 7.30. The second-order valence-electron chi connectivity index (χ2n) is 5.54. The predicted molar refractivity (Wildman–Crippen MR) is 73.4 cm³/mol. The minimum absolute atomic E-state index is 0.101. The van der Waals surface area contributed by atoms with E-state index in [4.69, 9.17) is 5.11 Å². The first kappa shape index (κ1) is 15.4. The highest BCUT2D eigenvalue weighted by Crippen LogP contribution is 2.17. The molecule has 1 aliphatic carbocycles. The fraction of sp³-hybridized carbons (Fsp3) is 0.929. The normalized spacial score (nSPS) is 18.1. The minimum Gasteiger partial charge on any atom is -0.395 e. The van der Waals surface area contributed by atoms with Crippen LogP contribution in [0.5, 0.6) is 0 Å². The number of carbonyl (C=O) groups excluding carboxylic acids is 1. The van der Waals surface area contributed by atoms with E-state index < -0.39 is 0 Å². The molecular formula is C14H28N2O2. The number of nitrogens with one attached hydrogen (secondary N) is 1. The van der Waals surface area contributed by atoms with E-state index in [1.165, 1.54) is 25.7 Å². The molecule has 4 heteroatoms. The topological polar surface area (TPSA) is 52.6 Å². The van der Waals surface area contributed by atoms with Gasteiger partial charge in [-0.05, 0) is 26.7 Å². The van der Waals surface area contributed by atoms with Gasteiger partial charge in [0.25, 0.3) is 0 Å². The van der Waals surface area contributed by atoms with Crippen LogP contribution in [0.4, 0.5) is 0 Å². The molecule has 0 bridgehead atoms. The lowest BCUT2D eigenvalue weighted by Crippen LogP contribution is -2.45. The number of nitrogens with zero attached hydrogens (tertiary/aromatic N) is 1. The number of hydrogen-bond acceptors (Lipinski definition) is 3. The molecule has 1 aliphatic rings. The van der Waals surface area contributed by atoms with Gasteiger partial charge in [-0.1, -0.05) is 25.7 Å². The van der Waals surface area contributed by atoms with Gasteiger partial charge >= 0.3 is 0 Å². The Morgan fingerprint density at radius 3 is 2.39 bits per heavy atom. The fourth-order valence-corrected chi connectivity index (χ4v) is 2.53. The van der Waals surface area contributed by atoms with Crippen molar-refractivity contribution in [3.05, 3.63) is 0 Å². The highest BCUT2D eigenvalue weighted by molar-refractivity contribution is 5.78. The van der Waals surface area contributed by atoms with Crippen molar-refractivity contribution in [2.24, 2.45) is 0 Å². The van der Waals surface area contributed by atoms with E-state index in [1.807, 2.05) is 4.90 Å². The summed E-state index contributed by atoms with van der Waals surface area (Å²) in [4.78, 5) is 14.0. The van der Waals surface area contributed by atoms with Crippen molar-refractivity contribution in [3.8, 4) is 0 Å². The van der Waals surface area contributed by atoms with Crippen LogP contribution in [0.1, 0.15) is 52.4 Å². The summed E-state index contributed by atoms with van der Waals surface area (Å²) in [7, 11) is 0. The Balaban J connectivity index is 2.34. The summed E-state index contributed by atoms with van der Waals surface area (Å²) in [5, 5.41) is 12.1. The van der Waals surface area contributed by atoms with E-state index >= 15 is 0 Å². The molecule has 1 rings (SSSR count). The van der Waals surface area contributed by atoms with Crippen molar-refractivity contribution in [2.75, 3.05) is 19.7 Å². The third-order valence-corrected chi connectivity index (χ3v) is 3.68. The molecule has 0 unspecified atom stereocenters. The van der Waals surface area contributed by atoms with Gasteiger partial charge in [-0.25, -0.2) is 0 Å².